The summed E-state index contributed by atoms with van der Waals surface area (Å²) in [6.45, 7) is 6.63. The van der Waals surface area contributed by atoms with Crippen LogP contribution in [-0.2, 0) is 14.4 Å². The number of rotatable bonds is 4. The van der Waals surface area contributed by atoms with E-state index < -0.39 is 11.8 Å². The lowest BCUT2D eigenvalue weighted by Gasteiger charge is -2.34. The summed E-state index contributed by atoms with van der Waals surface area (Å²) in [7, 11) is 0. The van der Waals surface area contributed by atoms with E-state index in [9.17, 15) is 14.4 Å². The van der Waals surface area contributed by atoms with E-state index >= 15 is 0 Å². The maximum absolute atomic E-state index is 12.0. The molecule has 21 heavy (non-hydrogen) atoms. The molecule has 3 amide bonds. The summed E-state index contributed by atoms with van der Waals surface area (Å²) in [5.74, 6) is -1.58. The number of carbonyl (C=O) groups is 3. The van der Waals surface area contributed by atoms with Crippen LogP contribution in [-0.4, -0.2) is 72.3 Å². The molecule has 1 saturated carbocycles. The number of hydrogen-bond acceptors (Lipinski definition) is 4. The first-order valence-corrected chi connectivity index (χ1v) is 7.58. The van der Waals surface area contributed by atoms with Gasteiger partial charge in [-0.15, -0.1) is 0 Å². The minimum Gasteiger partial charge on any atom is -0.346 e. The molecule has 0 aromatic heterocycles. The molecule has 118 valence electrons. The van der Waals surface area contributed by atoms with Crippen LogP contribution in [0.15, 0.2) is 0 Å². The van der Waals surface area contributed by atoms with Crippen molar-refractivity contribution in [3.63, 3.8) is 0 Å². The molecule has 1 saturated heterocycles. The largest absolute Gasteiger partial charge is 0.346 e. The first kappa shape index (κ1) is 15.8. The topological polar surface area (TPSA) is 81.8 Å². The summed E-state index contributed by atoms with van der Waals surface area (Å²) in [5.41, 5.74) is 0. The van der Waals surface area contributed by atoms with Crippen LogP contribution in [0.1, 0.15) is 26.7 Å². The zero-order valence-corrected chi connectivity index (χ0v) is 12.7. The molecule has 0 aromatic carbocycles. The second-order valence-electron chi connectivity index (χ2n) is 5.96. The molecule has 0 unspecified atom stereocenters. The highest BCUT2D eigenvalue weighted by Gasteiger charge is 2.32. The number of nitrogens with zero attached hydrogens (tertiary/aromatic N) is 2. The van der Waals surface area contributed by atoms with Crippen molar-refractivity contribution < 1.29 is 14.4 Å². The van der Waals surface area contributed by atoms with Crippen molar-refractivity contribution in [2.45, 2.75) is 38.8 Å². The van der Waals surface area contributed by atoms with Gasteiger partial charge < -0.3 is 15.5 Å². The molecule has 2 rings (SSSR count). The van der Waals surface area contributed by atoms with Crippen LogP contribution >= 0.6 is 0 Å². The Balaban J connectivity index is 1.67. The maximum Gasteiger partial charge on any atom is 0.309 e. The average Bonchev–Trinajstić information content (AvgIpc) is 3.28. The molecule has 2 N–H and O–H groups in total. The second-order valence-corrected chi connectivity index (χ2v) is 5.96. The standard InChI is InChI=1S/C14H24N4O3/c1-10(2)16-14(21)13(20)15-9-12(19)18-7-5-17(6-8-18)11-3-4-11/h10-11H,3-9H2,1-2H3,(H,15,20)(H,16,21). The van der Waals surface area contributed by atoms with Gasteiger partial charge in [-0.25, -0.2) is 0 Å². The van der Waals surface area contributed by atoms with Crippen LogP contribution in [0.4, 0.5) is 0 Å². The van der Waals surface area contributed by atoms with E-state index in [2.05, 4.69) is 15.5 Å². The van der Waals surface area contributed by atoms with Gasteiger partial charge in [0.25, 0.3) is 0 Å². The minimum atomic E-state index is -0.756. The summed E-state index contributed by atoms with van der Waals surface area (Å²) >= 11 is 0. The maximum atomic E-state index is 12.0. The van der Waals surface area contributed by atoms with E-state index in [4.69, 9.17) is 0 Å². The Morgan fingerprint density at radius 1 is 1.05 bits per heavy atom. The summed E-state index contributed by atoms with van der Waals surface area (Å²) < 4.78 is 0. The van der Waals surface area contributed by atoms with E-state index in [1.807, 2.05) is 0 Å². The molecule has 1 heterocycles. The Morgan fingerprint density at radius 2 is 1.67 bits per heavy atom. The lowest BCUT2D eigenvalue weighted by atomic mass is 10.3. The molecule has 2 fully saturated rings. The molecule has 0 atom stereocenters. The van der Waals surface area contributed by atoms with Gasteiger partial charge in [-0.05, 0) is 26.7 Å². The van der Waals surface area contributed by atoms with Gasteiger partial charge in [-0.3, -0.25) is 19.3 Å². The van der Waals surface area contributed by atoms with Gasteiger partial charge in [-0.1, -0.05) is 0 Å². The van der Waals surface area contributed by atoms with Gasteiger partial charge in [-0.2, -0.15) is 0 Å². The summed E-state index contributed by atoms with van der Waals surface area (Å²) in [6, 6.07) is 0.621. The Bertz CT molecular complexity index is 412. The van der Waals surface area contributed by atoms with Crippen molar-refractivity contribution in [3.05, 3.63) is 0 Å². The molecule has 1 aliphatic heterocycles. The number of nitrogens with one attached hydrogen (secondary N) is 2. The van der Waals surface area contributed by atoms with Crippen molar-refractivity contribution >= 4 is 17.7 Å². The van der Waals surface area contributed by atoms with Gasteiger partial charge in [0, 0.05) is 38.3 Å². The van der Waals surface area contributed by atoms with Crippen molar-refractivity contribution in [3.8, 4) is 0 Å². The van der Waals surface area contributed by atoms with Gasteiger partial charge >= 0.3 is 11.8 Å². The van der Waals surface area contributed by atoms with Crippen LogP contribution in [0.3, 0.4) is 0 Å². The number of amides is 3. The lowest BCUT2D eigenvalue weighted by Crippen LogP contribution is -2.52. The third kappa shape index (κ3) is 4.70. The molecule has 1 aliphatic carbocycles. The van der Waals surface area contributed by atoms with E-state index in [1.54, 1.807) is 18.7 Å². The predicted octanol–water partition coefficient (Wildman–Crippen LogP) is -1.07. The molecule has 0 spiro atoms. The van der Waals surface area contributed by atoms with Crippen molar-refractivity contribution in [2.24, 2.45) is 0 Å². The molecule has 0 radical (unpaired) electrons. The summed E-state index contributed by atoms with van der Waals surface area (Å²) in [4.78, 5) is 39.1. The van der Waals surface area contributed by atoms with Crippen LogP contribution in [0, 0.1) is 0 Å². The number of piperazine rings is 1. The zero-order chi connectivity index (χ0) is 15.4. The van der Waals surface area contributed by atoms with Crippen LogP contribution in [0.5, 0.6) is 0 Å². The Kier molecular flexibility index (Phi) is 5.17. The monoisotopic (exact) mass is 296 g/mol. The van der Waals surface area contributed by atoms with Crippen molar-refractivity contribution in [1.82, 2.24) is 20.4 Å². The van der Waals surface area contributed by atoms with E-state index in [0.717, 1.165) is 19.1 Å². The molecule has 0 aromatic rings. The Morgan fingerprint density at radius 3 is 2.19 bits per heavy atom. The second kappa shape index (κ2) is 6.89. The first-order valence-electron chi connectivity index (χ1n) is 7.58. The summed E-state index contributed by atoms with van der Waals surface area (Å²) in [6.07, 6.45) is 2.55. The van der Waals surface area contributed by atoms with Crippen molar-refractivity contribution in [2.75, 3.05) is 32.7 Å². The highest BCUT2D eigenvalue weighted by molar-refractivity contribution is 6.35. The first-order chi connectivity index (χ1) is 9.97. The fourth-order valence-corrected chi connectivity index (χ4v) is 2.45. The Labute approximate surface area is 125 Å². The molecular formula is C14H24N4O3. The average molecular weight is 296 g/mol. The zero-order valence-electron chi connectivity index (χ0n) is 12.7. The van der Waals surface area contributed by atoms with E-state index in [-0.39, 0.29) is 18.5 Å². The Hall–Kier alpha value is -1.63. The lowest BCUT2D eigenvalue weighted by molar-refractivity contribution is -0.141. The highest BCUT2D eigenvalue weighted by Crippen LogP contribution is 2.27. The molecular weight excluding hydrogens is 272 g/mol. The molecule has 2 aliphatic rings. The van der Waals surface area contributed by atoms with Crippen LogP contribution in [0.25, 0.3) is 0 Å². The van der Waals surface area contributed by atoms with Crippen LogP contribution < -0.4 is 10.6 Å². The SMILES string of the molecule is CC(C)NC(=O)C(=O)NCC(=O)N1CCN(C2CC2)CC1. The highest BCUT2D eigenvalue weighted by atomic mass is 16.2. The predicted molar refractivity (Wildman–Crippen MR) is 77.5 cm³/mol. The smallest absolute Gasteiger partial charge is 0.309 e. The molecule has 7 heteroatoms. The van der Waals surface area contributed by atoms with Gasteiger partial charge in [0.05, 0.1) is 6.54 Å². The van der Waals surface area contributed by atoms with Gasteiger partial charge in [0.2, 0.25) is 5.91 Å². The molecule has 0 bridgehead atoms. The van der Waals surface area contributed by atoms with Gasteiger partial charge in [0.1, 0.15) is 0 Å². The van der Waals surface area contributed by atoms with E-state index in [1.165, 1.54) is 12.8 Å². The van der Waals surface area contributed by atoms with Gasteiger partial charge in [0.15, 0.2) is 0 Å². The van der Waals surface area contributed by atoms with E-state index in [0.29, 0.717) is 13.1 Å². The third-order valence-electron chi connectivity index (χ3n) is 3.76. The fourth-order valence-electron chi connectivity index (χ4n) is 2.45. The minimum absolute atomic E-state index is 0.102. The quantitative estimate of drug-likeness (QED) is 0.648. The summed E-state index contributed by atoms with van der Waals surface area (Å²) in [5, 5.41) is 4.86. The molecule has 7 nitrogen and oxygen atoms in total. The number of hydrogen-bond donors (Lipinski definition) is 2. The van der Waals surface area contributed by atoms with Crippen LogP contribution in [0.2, 0.25) is 0 Å². The number of carbonyl (C=O) groups excluding carboxylic acids is 3. The van der Waals surface area contributed by atoms with Crippen molar-refractivity contribution in [1.29, 1.82) is 0 Å². The normalized spacial score (nSPS) is 19.5. The fraction of sp³-hybridized carbons (Fsp3) is 0.786. The third-order valence-corrected chi connectivity index (χ3v) is 3.76.